The standard InChI is InChI=1S/C19H23FN2O3S2/c1-19(2,3)13-8-9-15-12(10-13)11-16(26-15)18(23)21-22-27(24,25)17-7-5-4-6-14(17)20/h4-7,11,13,22H,8-10H2,1-3H3,(H,21,23)/t13-/m1/s1. The van der Waals surface area contributed by atoms with Crippen molar-refractivity contribution in [2.24, 2.45) is 11.3 Å². The highest BCUT2D eigenvalue weighted by Gasteiger charge is 2.30. The lowest BCUT2D eigenvalue weighted by Gasteiger charge is -2.33. The number of fused-ring (bicyclic) bond motifs is 1. The quantitative estimate of drug-likeness (QED) is 0.756. The Hall–Kier alpha value is -1.77. The van der Waals surface area contributed by atoms with Crippen molar-refractivity contribution in [2.75, 3.05) is 0 Å². The highest BCUT2D eigenvalue weighted by atomic mass is 32.2. The number of rotatable bonds is 4. The minimum absolute atomic E-state index is 0.206. The van der Waals surface area contributed by atoms with Crippen molar-refractivity contribution in [3.8, 4) is 0 Å². The summed E-state index contributed by atoms with van der Waals surface area (Å²) in [7, 11) is -4.18. The zero-order chi connectivity index (χ0) is 19.8. The first-order chi connectivity index (χ1) is 12.6. The molecular weight excluding hydrogens is 387 g/mol. The Morgan fingerprint density at radius 1 is 1.26 bits per heavy atom. The van der Waals surface area contributed by atoms with Crippen LogP contribution in [0.3, 0.4) is 0 Å². The second-order valence-corrected chi connectivity index (χ2v) is 10.6. The molecule has 0 aliphatic heterocycles. The number of aryl methyl sites for hydroxylation is 1. The van der Waals surface area contributed by atoms with E-state index in [1.807, 2.05) is 10.9 Å². The van der Waals surface area contributed by atoms with Gasteiger partial charge in [0.1, 0.15) is 10.7 Å². The molecule has 0 saturated heterocycles. The molecule has 1 heterocycles. The van der Waals surface area contributed by atoms with Gasteiger partial charge in [-0.1, -0.05) is 32.9 Å². The predicted molar refractivity (Wildman–Crippen MR) is 103 cm³/mol. The van der Waals surface area contributed by atoms with Crippen molar-refractivity contribution in [1.82, 2.24) is 10.3 Å². The molecule has 3 rings (SSSR count). The molecule has 8 heteroatoms. The van der Waals surface area contributed by atoms with Crippen LogP contribution in [0.25, 0.3) is 0 Å². The van der Waals surface area contributed by atoms with E-state index in [9.17, 15) is 17.6 Å². The van der Waals surface area contributed by atoms with Crippen molar-refractivity contribution < 1.29 is 17.6 Å². The van der Waals surface area contributed by atoms with Crippen molar-refractivity contribution in [3.63, 3.8) is 0 Å². The fourth-order valence-electron chi connectivity index (χ4n) is 3.27. The minimum atomic E-state index is -4.18. The van der Waals surface area contributed by atoms with Gasteiger partial charge in [0, 0.05) is 4.88 Å². The third kappa shape index (κ3) is 4.39. The monoisotopic (exact) mass is 410 g/mol. The lowest BCUT2D eigenvalue weighted by Crippen LogP contribution is -2.41. The molecule has 2 aromatic rings. The SMILES string of the molecule is CC(C)(C)[C@@H]1CCc2sc(C(=O)NNS(=O)(=O)c3ccccc3F)cc2C1. The predicted octanol–water partition coefficient (Wildman–Crippen LogP) is 3.66. The normalized spacial score (nSPS) is 17.4. The second-order valence-electron chi connectivity index (χ2n) is 7.85. The minimum Gasteiger partial charge on any atom is -0.273 e. The maximum atomic E-state index is 13.7. The van der Waals surface area contributed by atoms with Gasteiger partial charge in [-0.2, -0.15) is 0 Å². The van der Waals surface area contributed by atoms with Crippen LogP contribution in [0.4, 0.5) is 4.39 Å². The molecule has 0 bridgehead atoms. The van der Waals surface area contributed by atoms with Crippen LogP contribution in [-0.4, -0.2) is 14.3 Å². The first kappa shape index (κ1) is 20.0. The summed E-state index contributed by atoms with van der Waals surface area (Å²) in [6.45, 7) is 6.67. The first-order valence-corrected chi connectivity index (χ1v) is 11.1. The van der Waals surface area contributed by atoms with Gasteiger partial charge >= 0.3 is 0 Å². The second kappa shape index (κ2) is 7.33. The van der Waals surface area contributed by atoms with E-state index in [0.29, 0.717) is 10.8 Å². The maximum absolute atomic E-state index is 13.7. The molecule has 1 aliphatic rings. The summed E-state index contributed by atoms with van der Waals surface area (Å²) >= 11 is 1.38. The van der Waals surface area contributed by atoms with Gasteiger partial charge in [0.2, 0.25) is 0 Å². The van der Waals surface area contributed by atoms with E-state index in [2.05, 4.69) is 26.2 Å². The topological polar surface area (TPSA) is 75.3 Å². The molecule has 2 N–H and O–H groups in total. The van der Waals surface area contributed by atoms with Crippen LogP contribution in [0.1, 0.15) is 47.3 Å². The van der Waals surface area contributed by atoms with Crippen molar-refractivity contribution in [2.45, 2.75) is 44.9 Å². The fraction of sp³-hybridized carbons (Fsp3) is 0.421. The highest BCUT2D eigenvalue weighted by molar-refractivity contribution is 7.89. The third-order valence-corrected chi connectivity index (χ3v) is 7.47. The molecule has 1 amide bonds. The number of carbonyl (C=O) groups excluding carboxylic acids is 1. The van der Waals surface area contributed by atoms with Gasteiger partial charge < -0.3 is 0 Å². The highest BCUT2D eigenvalue weighted by Crippen LogP contribution is 2.40. The van der Waals surface area contributed by atoms with Crippen LogP contribution < -0.4 is 10.3 Å². The van der Waals surface area contributed by atoms with Gasteiger partial charge in [0.05, 0.1) is 4.88 Å². The number of nitrogens with one attached hydrogen (secondary N) is 2. The summed E-state index contributed by atoms with van der Waals surface area (Å²) in [5.74, 6) is -0.865. The van der Waals surface area contributed by atoms with Gasteiger partial charge in [-0.15, -0.1) is 16.2 Å². The molecule has 0 spiro atoms. The lowest BCUT2D eigenvalue weighted by atomic mass is 9.72. The van der Waals surface area contributed by atoms with E-state index in [4.69, 9.17) is 0 Å². The summed E-state index contributed by atoms with van der Waals surface area (Å²) in [5.41, 5.74) is 3.55. The Bertz CT molecular complexity index is 962. The summed E-state index contributed by atoms with van der Waals surface area (Å²) in [4.78, 5) is 15.5. The molecule has 0 radical (unpaired) electrons. The lowest BCUT2D eigenvalue weighted by molar-refractivity contribution is 0.0949. The Balaban J connectivity index is 1.70. The van der Waals surface area contributed by atoms with E-state index in [-0.39, 0.29) is 5.41 Å². The van der Waals surface area contributed by atoms with E-state index in [1.54, 1.807) is 0 Å². The van der Waals surface area contributed by atoms with Gasteiger partial charge in [-0.25, -0.2) is 12.8 Å². The summed E-state index contributed by atoms with van der Waals surface area (Å²) in [6, 6.07) is 6.84. The fourth-order valence-corrected chi connectivity index (χ4v) is 5.29. The number of benzene rings is 1. The van der Waals surface area contributed by atoms with Gasteiger partial charge in [0.25, 0.3) is 15.9 Å². The smallest absolute Gasteiger partial charge is 0.273 e. The zero-order valence-electron chi connectivity index (χ0n) is 15.5. The number of thiophene rings is 1. The number of hydrogen-bond acceptors (Lipinski definition) is 4. The van der Waals surface area contributed by atoms with Crippen molar-refractivity contribution in [3.05, 3.63) is 51.5 Å². The van der Waals surface area contributed by atoms with Crippen LogP contribution in [-0.2, 0) is 22.9 Å². The number of carbonyl (C=O) groups is 1. The van der Waals surface area contributed by atoms with E-state index < -0.39 is 26.6 Å². The summed E-state index contributed by atoms with van der Waals surface area (Å²) in [6.07, 6.45) is 2.93. The number of hydrazine groups is 1. The Morgan fingerprint density at radius 2 is 1.96 bits per heavy atom. The number of sulfonamides is 1. The van der Waals surface area contributed by atoms with E-state index >= 15 is 0 Å². The molecule has 1 aromatic carbocycles. The van der Waals surface area contributed by atoms with Crippen LogP contribution in [0.15, 0.2) is 35.2 Å². The molecule has 0 unspecified atom stereocenters. The Morgan fingerprint density at radius 3 is 2.63 bits per heavy atom. The molecule has 1 aromatic heterocycles. The number of amides is 1. The molecule has 0 fully saturated rings. The zero-order valence-corrected chi connectivity index (χ0v) is 17.1. The molecule has 5 nitrogen and oxygen atoms in total. The average Bonchev–Trinajstić information content (AvgIpc) is 3.02. The number of hydrogen-bond donors (Lipinski definition) is 2. The molecule has 146 valence electrons. The largest absolute Gasteiger partial charge is 0.276 e. The van der Waals surface area contributed by atoms with Gasteiger partial charge in [-0.05, 0) is 54.4 Å². The molecule has 1 atom stereocenters. The van der Waals surface area contributed by atoms with Crippen LogP contribution in [0.5, 0.6) is 0 Å². The summed E-state index contributed by atoms with van der Waals surface area (Å²) in [5, 5.41) is 0. The van der Waals surface area contributed by atoms with Crippen LogP contribution >= 0.6 is 11.3 Å². The van der Waals surface area contributed by atoms with Gasteiger partial charge in [0.15, 0.2) is 0 Å². The maximum Gasteiger partial charge on any atom is 0.276 e. The Labute approximate surface area is 163 Å². The van der Waals surface area contributed by atoms with E-state index in [1.165, 1.54) is 28.3 Å². The average molecular weight is 411 g/mol. The van der Waals surface area contributed by atoms with Crippen molar-refractivity contribution >= 4 is 27.3 Å². The molecule has 0 saturated carbocycles. The van der Waals surface area contributed by atoms with Crippen LogP contribution in [0, 0.1) is 17.2 Å². The Kier molecular flexibility index (Phi) is 5.42. The van der Waals surface area contributed by atoms with Crippen LogP contribution in [0.2, 0.25) is 0 Å². The van der Waals surface area contributed by atoms with E-state index in [0.717, 1.165) is 37.0 Å². The molecule has 1 aliphatic carbocycles. The third-order valence-electron chi connectivity index (χ3n) is 4.96. The molecular formula is C19H23FN2O3S2. The van der Waals surface area contributed by atoms with Gasteiger partial charge in [-0.3, -0.25) is 10.2 Å². The number of halogens is 1. The van der Waals surface area contributed by atoms with Crippen molar-refractivity contribution in [1.29, 1.82) is 0 Å². The summed E-state index contributed by atoms with van der Waals surface area (Å²) < 4.78 is 38.0. The molecule has 27 heavy (non-hydrogen) atoms. The first-order valence-electron chi connectivity index (χ1n) is 8.76.